The monoisotopic (exact) mass is 397 g/mol. The highest BCUT2D eigenvalue weighted by atomic mass is 35.5. The number of imidazole rings is 1. The zero-order valence-corrected chi connectivity index (χ0v) is 16.2. The number of rotatable bonds is 6. The minimum Gasteiger partial charge on any atom is -0.477 e. The fraction of sp³-hybridized carbons (Fsp3) is 0.500. The first-order chi connectivity index (χ1) is 12.3. The number of thiazole rings is 1. The van der Waals surface area contributed by atoms with Gasteiger partial charge in [-0.3, -0.25) is 4.79 Å². The fourth-order valence-corrected chi connectivity index (χ4v) is 4.32. The third-order valence-electron chi connectivity index (χ3n) is 4.52. The second-order valence-electron chi connectivity index (χ2n) is 6.13. The van der Waals surface area contributed by atoms with Gasteiger partial charge in [-0.05, 0) is 19.8 Å². The van der Waals surface area contributed by atoms with Gasteiger partial charge in [0, 0.05) is 6.54 Å². The summed E-state index contributed by atoms with van der Waals surface area (Å²) < 4.78 is 0. The average Bonchev–Trinajstić information content (AvgIpc) is 3.13. The lowest BCUT2D eigenvalue weighted by molar-refractivity contribution is 0.0700. The number of halogens is 1. The maximum absolute atomic E-state index is 12.4. The molecule has 0 radical (unpaired) electrons. The summed E-state index contributed by atoms with van der Waals surface area (Å²) in [6.45, 7) is 6.22. The highest BCUT2D eigenvalue weighted by Crippen LogP contribution is 2.34. The van der Waals surface area contributed by atoms with Crippen molar-refractivity contribution < 1.29 is 14.7 Å². The molecule has 0 unspecified atom stereocenters. The molecule has 8 nitrogen and oxygen atoms in total. The highest BCUT2D eigenvalue weighted by molar-refractivity contribution is 7.17. The Morgan fingerprint density at radius 1 is 1.42 bits per heavy atom. The molecule has 26 heavy (non-hydrogen) atoms. The van der Waals surface area contributed by atoms with Crippen molar-refractivity contribution in [2.75, 3.05) is 11.4 Å². The number of aryl methyl sites for hydroxylation is 2. The summed E-state index contributed by atoms with van der Waals surface area (Å²) in [5.41, 5.74) is 1.25. The highest BCUT2D eigenvalue weighted by Gasteiger charge is 2.41. The summed E-state index contributed by atoms with van der Waals surface area (Å²) in [5, 5.41) is 13.2. The van der Waals surface area contributed by atoms with E-state index in [1.807, 2.05) is 18.7 Å². The van der Waals surface area contributed by atoms with E-state index in [4.69, 9.17) is 11.6 Å². The van der Waals surface area contributed by atoms with Gasteiger partial charge < -0.3 is 20.3 Å². The van der Waals surface area contributed by atoms with E-state index in [0.717, 1.165) is 23.5 Å². The Morgan fingerprint density at radius 2 is 2.15 bits per heavy atom. The number of carbonyl (C=O) groups is 2. The molecule has 3 N–H and O–H groups in total. The molecule has 10 heteroatoms. The Labute approximate surface area is 159 Å². The number of carboxylic acid groups (broad SMARTS) is 1. The van der Waals surface area contributed by atoms with Crippen LogP contribution in [0.4, 0.5) is 5.13 Å². The number of nitrogens with zero attached hydrogens (tertiary/aromatic N) is 3. The summed E-state index contributed by atoms with van der Waals surface area (Å²) in [5.74, 6) is -1.05. The van der Waals surface area contributed by atoms with E-state index in [2.05, 4.69) is 20.3 Å². The van der Waals surface area contributed by atoms with Crippen LogP contribution in [0, 0.1) is 6.92 Å². The largest absolute Gasteiger partial charge is 0.477 e. The smallest absolute Gasteiger partial charge is 0.347 e. The molecule has 1 aliphatic rings. The molecular formula is C16H20ClN5O3S. The minimum absolute atomic E-state index is 0.0565. The van der Waals surface area contributed by atoms with Crippen molar-refractivity contribution >= 4 is 39.9 Å². The number of carbonyl (C=O) groups excluding carboxylic acids is 1. The van der Waals surface area contributed by atoms with E-state index in [9.17, 15) is 14.7 Å². The lowest BCUT2D eigenvalue weighted by Gasteiger charge is -2.47. The summed E-state index contributed by atoms with van der Waals surface area (Å²) in [6.07, 6.45) is 1.47. The Morgan fingerprint density at radius 3 is 2.69 bits per heavy atom. The average molecular weight is 398 g/mol. The van der Waals surface area contributed by atoms with Gasteiger partial charge in [0.15, 0.2) is 16.1 Å². The predicted octanol–water partition coefficient (Wildman–Crippen LogP) is 2.49. The molecular weight excluding hydrogens is 378 g/mol. The second kappa shape index (κ2) is 7.24. The number of aromatic amines is 1. The zero-order valence-electron chi connectivity index (χ0n) is 14.7. The van der Waals surface area contributed by atoms with E-state index in [1.165, 1.54) is 0 Å². The number of nitrogens with one attached hydrogen (secondary N) is 2. The molecule has 0 bridgehead atoms. The molecule has 1 fully saturated rings. The number of carboxylic acids is 1. The molecule has 3 heterocycles. The van der Waals surface area contributed by atoms with Gasteiger partial charge >= 0.3 is 5.97 Å². The molecule has 1 aliphatic heterocycles. The van der Waals surface area contributed by atoms with E-state index >= 15 is 0 Å². The van der Waals surface area contributed by atoms with Crippen LogP contribution in [0.1, 0.15) is 51.9 Å². The van der Waals surface area contributed by atoms with Gasteiger partial charge in [0.05, 0.1) is 23.5 Å². The van der Waals surface area contributed by atoms with Gasteiger partial charge in [-0.1, -0.05) is 36.8 Å². The van der Waals surface area contributed by atoms with Gasteiger partial charge in [0.1, 0.15) is 4.88 Å². The number of aromatic carboxylic acids is 1. The lowest BCUT2D eigenvalue weighted by Crippen LogP contribution is -2.66. The lowest BCUT2D eigenvalue weighted by atomic mass is 9.94. The van der Waals surface area contributed by atoms with Gasteiger partial charge in [0.2, 0.25) is 0 Å². The third-order valence-corrected chi connectivity index (χ3v) is 6.01. The molecule has 2 atom stereocenters. The number of aromatic nitrogens is 3. The fourth-order valence-electron chi connectivity index (χ4n) is 3.08. The number of hydrogen-bond donors (Lipinski definition) is 3. The van der Waals surface area contributed by atoms with E-state index in [-0.39, 0.29) is 28.7 Å². The van der Waals surface area contributed by atoms with E-state index in [1.54, 1.807) is 6.92 Å². The summed E-state index contributed by atoms with van der Waals surface area (Å²) in [7, 11) is 0. The second-order valence-corrected chi connectivity index (χ2v) is 7.47. The van der Waals surface area contributed by atoms with Gasteiger partial charge in [0.25, 0.3) is 5.91 Å². The van der Waals surface area contributed by atoms with Crippen LogP contribution in [0.25, 0.3) is 0 Å². The molecule has 3 rings (SSSR count). The molecule has 0 aromatic carbocycles. The first kappa shape index (κ1) is 18.7. The molecule has 140 valence electrons. The topological polar surface area (TPSA) is 111 Å². The van der Waals surface area contributed by atoms with Crippen LogP contribution in [0.3, 0.4) is 0 Å². The summed E-state index contributed by atoms with van der Waals surface area (Å²) in [6, 6.07) is 0.00107. The first-order valence-electron chi connectivity index (χ1n) is 8.38. The molecule has 1 amide bonds. The van der Waals surface area contributed by atoms with Crippen LogP contribution in [-0.4, -0.2) is 50.6 Å². The first-order valence-corrected chi connectivity index (χ1v) is 9.57. The number of H-pyrrole nitrogens is 1. The Kier molecular flexibility index (Phi) is 5.19. The number of amides is 1. The molecule has 1 saturated heterocycles. The van der Waals surface area contributed by atoms with Crippen LogP contribution in [0.15, 0.2) is 0 Å². The number of anilines is 1. The minimum atomic E-state index is -0.967. The van der Waals surface area contributed by atoms with Gasteiger partial charge in [-0.2, -0.15) is 0 Å². The van der Waals surface area contributed by atoms with Crippen molar-refractivity contribution in [2.45, 2.75) is 45.7 Å². The van der Waals surface area contributed by atoms with Crippen molar-refractivity contribution in [3.63, 3.8) is 0 Å². The Hall–Kier alpha value is -2.13. The van der Waals surface area contributed by atoms with Crippen molar-refractivity contribution in [1.82, 2.24) is 20.3 Å². The van der Waals surface area contributed by atoms with Crippen molar-refractivity contribution in [1.29, 1.82) is 0 Å². The van der Waals surface area contributed by atoms with Crippen LogP contribution in [0.5, 0.6) is 0 Å². The van der Waals surface area contributed by atoms with E-state index < -0.39 is 5.97 Å². The number of hydrogen-bond acceptors (Lipinski definition) is 6. The molecule has 0 saturated carbocycles. The van der Waals surface area contributed by atoms with Crippen LogP contribution in [-0.2, 0) is 6.42 Å². The quantitative estimate of drug-likeness (QED) is 0.690. The van der Waals surface area contributed by atoms with Crippen LogP contribution in [0.2, 0.25) is 5.15 Å². The standard InChI is InChI=1S/C16H20ClN5O3S/c1-4-8-12(17)21-13(19-8)14(23)20-9-6-22(10(9)5-2)16-18-7(3)11(26-16)15(24)25/h9-10H,4-6H2,1-3H3,(H,19,21)(H,20,23)(H,24,25)/t9-,10-/m1/s1. The molecule has 2 aromatic heterocycles. The molecule has 0 spiro atoms. The van der Waals surface area contributed by atoms with Crippen LogP contribution >= 0.6 is 22.9 Å². The third kappa shape index (κ3) is 3.28. The maximum Gasteiger partial charge on any atom is 0.347 e. The van der Waals surface area contributed by atoms with Crippen molar-refractivity contribution in [3.8, 4) is 0 Å². The van der Waals surface area contributed by atoms with Crippen LogP contribution < -0.4 is 10.2 Å². The van der Waals surface area contributed by atoms with Crippen molar-refractivity contribution in [2.24, 2.45) is 0 Å². The zero-order chi connectivity index (χ0) is 19.0. The van der Waals surface area contributed by atoms with Gasteiger partial charge in [-0.25, -0.2) is 14.8 Å². The SMILES string of the molecule is CCc1[nH]c(C(=O)N[C@@H]2CN(c3nc(C)c(C(=O)O)s3)[C@@H]2CC)nc1Cl. The summed E-state index contributed by atoms with van der Waals surface area (Å²) >= 11 is 7.15. The maximum atomic E-state index is 12.4. The van der Waals surface area contributed by atoms with Crippen molar-refractivity contribution in [3.05, 3.63) is 27.2 Å². The Bertz CT molecular complexity index is 849. The predicted molar refractivity (Wildman–Crippen MR) is 99.5 cm³/mol. The van der Waals surface area contributed by atoms with E-state index in [0.29, 0.717) is 28.9 Å². The normalized spacial score (nSPS) is 19.3. The summed E-state index contributed by atoms with van der Waals surface area (Å²) in [4.78, 5) is 37.3. The Balaban J connectivity index is 1.69. The van der Waals surface area contributed by atoms with Gasteiger partial charge in [-0.15, -0.1) is 0 Å². The molecule has 2 aromatic rings. The molecule has 0 aliphatic carbocycles.